The van der Waals surface area contributed by atoms with Crippen LogP contribution >= 0.6 is 0 Å². The lowest BCUT2D eigenvalue weighted by molar-refractivity contribution is -0.119. The molecule has 0 spiro atoms. The number of sulfonamides is 1. The van der Waals surface area contributed by atoms with Gasteiger partial charge < -0.3 is 11.1 Å². The summed E-state index contributed by atoms with van der Waals surface area (Å²) in [5.74, 6) is -0.420. The molecular formula is C13H21N3O3S. The van der Waals surface area contributed by atoms with Crippen molar-refractivity contribution >= 4 is 21.6 Å². The first-order valence-electron chi connectivity index (χ1n) is 6.18. The van der Waals surface area contributed by atoms with Crippen molar-refractivity contribution in [1.29, 1.82) is 0 Å². The average molecular weight is 299 g/mol. The van der Waals surface area contributed by atoms with E-state index in [0.29, 0.717) is 0 Å². The number of carbonyl (C=O) groups is 1. The van der Waals surface area contributed by atoms with Gasteiger partial charge in [0.15, 0.2) is 0 Å². The first-order valence-corrected chi connectivity index (χ1v) is 7.67. The van der Waals surface area contributed by atoms with Crippen LogP contribution < -0.4 is 15.8 Å². The lowest BCUT2D eigenvalue weighted by Gasteiger charge is -2.26. The van der Waals surface area contributed by atoms with E-state index in [-0.39, 0.29) is 10.6 Å². The maximum atomic E-state index is 12.1. The van der Waals surface area contributed by atoms with Crippen LogP contribution in [0.25, 0.3) is 0 Å². The fraction of sp³-hybridized carbons (Fsp3) is 0.462. The summed E-state index contributed by atoms with van der Waals surface area (Å²) in [6.07, 6.45) is 0. The fourth-order valence-corrected chi connectivity index (χ4v) is 2.40. The third kappa shape index (κ3) is 3.78. The molecule has 0 aliphatic rings. The van der Waals surface area contributed by atoms with Crippen molar-refractivity contribution < 1.29 is 13.2 Å². The van der Waals surface area contributed by atoms with Gasteiger partial charge in [0.1, 0.15) is 4.90 Å². The maximum absolute atomic E-state index is 12.1. The van der Waals surface area contributed by atoms with Crippen molar-refractivity contribution in [2.45, 2.75) is 31.7 Å². The topological polar surface area (TPSA) is 101 Å². The summed E-state index contributed by atoms with van der Waals surface area (Å²) in [6, 6.07) is 5.44. The van der Waals surface area contributed by atoms with E-state index in [4.69, 9.17) is 5.73 Å². The van der Waals surface area contributed by atoms with Gasteiger partial charge in [-0.05, 0) is 24.6 Å². The van der Waals surface area contributed by atoms with E-state index in [1.54, 1.807) is 12.1 Å². The van der Waals surface area contributed by atoms with E-state index in [1.807, 2.05) is 20.8 Å². The van der Waals surface area contributed by atoms with Crippen molar-refractivity contribution in [1.82, 2.24) is 4.72 Å². The molecule has 0 saturated heterocycles. The summed E-state index contributed by atoms with van der Waals surface area (Å²) >= 11 is 0. The summed E-state index contributed by atoms with van der Waals surface area (Å²) in [7, 11) is -2.33. The minimum atomic E-state index is -3.64. The van der Waals surface area contributed by atoms with Crippen molar-refractivity contribution in [3.05, 3.63) is 24.3 Å². The standard InChI is InChI=1S/C13H21N3O3S/c1-13(2,3)11(14)12(17)16-9-7-5-6-8-10(9)20(18,19)15-4/h5-8,11,15H,14H2,1-4H3,(H,16,17). The van der Waals surface area contributed by atoms with Crippen LogP contribution in [0.5, 0.6) is 0 Å². The van der Waals surface area contributed by atoms with Crippen molar-refractivity contribution in [2.75, 3.05) is 12.4 Å². The largest absolute Gasteiger partial charge is 0.323 e. The van der Waals surface area contributed by atoms with Gasteiger partial charge in [0.05, 0.1) is 11.7 Å². The zero-order valence-electron chi connectivity index (χ0n) is 12.1. The zero-order chi connectivity index (χ0) is 15.6. The second kappa shape index (κ2) is 5.90. The molecule has 0 aliphatic carbocycles. The number of nitrogens with one attached hydrogen (secondary N) is 2. The Morgan fingerprint density at radius 3 is 2.30 bits per heavy atom. The molecule has 0 fully saturated rings. The molecule has 1 aromatic carbocycles. The Morgan fingerprint density at radius 1 is 1.25 bits per heavy atom. The van der Waals surface area contributed by atoms with E-state index in [9.17, 15) is 13.2 Å². The SMILES string of the molecule is CNS(=O)(=O)c1ccccc1NC(=O)C(N)C(C)(C)C. The Kier molecular flexibility index (Phi) is 4.90. The van der Waals surface area contributed by atoms with E-state index in [1.165, 1.54) is 19.2 Å². The van der Waals surface area contributed by atoms with Crippen molar-refractivity contribution in [3.8, 4) is 0 Å². The Bertz CT molecular complexity index is 591. The second-order valence-electron chi connectivity index (χ2n) is 5.54. The van der Waals surface area contributed by atoms with Gasteiger partial charge in [0.25, 0.3) is 0 Å². The average Bonchev–Trinajstić information content (AvgIpc) is 2.37. The lowest BCUT2D eigenvalue weighted by atomic mass is 9.87. The Hall–Kier alpha value is -1.44. The molecule has 6 nitrogen and oxygen atoms in total. The van der Waals surface area contributed by atoms with Gasteiger partial charge in [-0.1, -0.05) is 32.9 Å². The molecule has 1 atom stereocenters. The highest BCUT2D eigenvalue weighted by atomic mass is 32.2. The van der Waals surface area contributed by atoms with Gasteiger partial charge in [-0.2, -0.15) is 0 Å². The normalized spacial score (nSPS) is 13.8. The maximum Gasteiger partial charge on any atom is 0.242 e. The monoisotopic (exact) mass is 299 g/mol. The van der Waals surface area contributed by atoms with Crippen LogP contribution in [0.3, 0.4) is 0 Å². The second-order valence-corrected chi connectivity index (χ2v) is 7.39. The van der Waals surface area contributed by atoms with Crippen LogP contribution in [0.4, 0.5) is 5.69 Å². The Balaban J connectivity index is 3.09. The molecular weight excluding hydrogens is 278 g/mol. The summed E-state index contributed by atoms with van der Waals surface area (Å²) < 4.78 is 26.0. The first-order chi connectivity index (χ1) is 9.09. The van der Waals surface area contributed by atoms with Gasteiger partial charge in [0.2, 0.25) is 15.9 Å². The van der Waals surface area contributed by atoms with E-state index < -0.39 is 27.4 Å². The molecule has 0 saturated carbocycles. The molecule has 112 valence electrons. The van der Waals surface area contributed by atoms with Crippen LogP contribution in [-0.4, -0.2) is 27.4 Å². The third-order valence-electron chi connectivity index (χ3n) is 2.92. The molecule has 0 aromatic heterocycles. The smallest absolute Gasteiger partial charge is 0.242 e. The summed E-state index contributed by atoms with van der Waals surface area (Å²) in [6.45, 7) is 5.52. The minimum Gasteiger partial charge on any atom is -0.323 e. The van der Waals surface area contributed by atoms with Crippen LogP contribution in [0, 0.1) is 5.41 Å². The molecule has 1 aromatic rings. The van der Waals surface area contributed by atoms with Crippen LogP contribution in [0.1, 0.15) is 20.8 Å². The van der Waals surface area contributed by atoms with Gasteiger partial charge in [0, 0.05) is 0 Å². The molecule has 4 N–H and O–H groups in total. The number of amides is 1. The highest BCUT2D eigenvalue weighted by Gasteiger charge is 2.28. The summed E-state index contributed by atoms with van der Waals surface area (Å²) in [5, 5.41) is 2.57. The molecule has 0 bridgehead atoms. The highest BCUT2D eigenvalue weighted by Crippen LogP contribution is 2.23. The molecule has 7 heteroatoms. The number of para-hydroxylation sites is 1. The van der Waals surface area contributed by atoms with Crippen molar-refractivity contribution in [2.24, 2.45) is 11.1 Å². The molecule has 1 unspecified atom stereocenters. The molecule has 1 amide bonds. The minimum absolute atomic E-state index is 0.0111. The van der Waals surface area contributed by atoms with Crippen LogP contribution in [-0.2, 0) is 14.8 Å². The van der Waals surface area contributed by atoms with E-state index >= 15 is 0 Å². The van der Waals surface area contributed by atoms with Gasteiger partial charge >= 0.3 is 0 Å². The number of benzene rings is 1. The third-order valence-corrected chi connectivity index (χ3v) is 4.39. The van der Waals surface area contributed by atoms with E-state index in [0.717, 1.165) is 0 Å². The number of hydrogen-bond acceptors (Lipinski definition) is 4. The summed E-state index contributed by atoms with van der Waals surface area (Å²) in [4.78, 5) is 12.1. The molecule has 0 heterocycles. The number of carbonyl (C=O) groups excluding carboxylic acids is 1. The van der Waals surface area contributed by atoms with Crippen LogP contribution in [0.2, 0.25) is 0 Å². The highest BCUT2D eigenvalue weighted by molar-refractivity contribution is 7.89. The fourth-order valence-electron chi connectivity index (χ4n) is 1.52. The number of anilines is 1. The molecule has 0 radical (unpaired) electrons. The first kappa shape index (κ1) is 16.6. The predicted octanol–water partition coefficient (Wildman–Crippen LogP) is 0.907. The lowest BCUT2D eigenvalue weighted by Crippen LogP contribution is -2.45. The Labute approximate surface area is 119 Å². The van der Waals surface area contributed by atoms with E-state index in [2.05, 4.69) is 10.0 Å². The quantitative estimate of drug-likeness (QED) is 0.769. The molecule has 1 rings (SSSR count). The number of rotatable bonds is 4. The van der Waals surface area contributed by atoms with Gasteiger partial charge in [-0.15, -0.1) is 0 Å². The summed E-state index contributed by atoms with van der Waals surface area (Å²) in [5.41, 5.74) is 5.66. The number of nitrogens with two attached hydrogens (primary N) is 1. The molecule has 20 heavy (non-hydrogen) atoms. The van der Waals surface area contributed by atoms with Gasteiger partial charge in [-0.3, -0.25) is 4.79 Å². The van der Waals surface area contributed by atoms with Crippen LogP contribution in [0.15, 0.2) is 29.2 Å². The van der Waals surface area contributed by atoms with Gasteiger partial charge in [-0.25, -0.2) is 13.1 Å². The Morgan fingerprint density at radius 2 is 1.80 bits per heavy atom. The molecule has 0 aliphatic heterocycles. The zero-order valence-corrected chi connectivity index (χ0v) is 12.9. The predicted molar refractivity (Wildman–Crippen MR) is 78.7 cm³/mol. The number of hydrogen-bond donors (Lipinski definition) is 3. The van der Waals surface area contributed by atoms with Crippen molar-refractivity contribution in [3.63, 3.8) is 0 Å².